The van der Waals surface area contributed by atoms with Crippen LogP contribution in [0, 0.1) is 6.92 Å². The monoisotopic (exact) mass is 444 g/mol. The number of aromatic nitrogens is 4. The lowest BCUT2D eigenvalue weighted by atomic mass is 10.1. The third-order valence-corrected chi connectivity index (χ3v) is 6.18. The van der Waals surface area contributed by atoms with E-state index in [1.807, 2.05) is 24.9 Å². The molecule has 3 aromatic rings. The molecule has 0 spiro atoms. The van der Waals surface area contributed by atoms with E-state index in [9.17, 15) is 18.0 Å². The predicted octanol–water partition coefficient (Wildman–Crippen LogP) is 3.53. The van der Waals surface area contributed by atoms with Gasteiger partial charge < -0.3 is 9.80 Å². The Hall–Kier alpha value is -3.17. The van der Waals surface area contributed by atoms with Crippen molar-refractivity contribution < 1.29 is 18.0 Å². The van der Waals surface area contributed by atoms with Gasteiger partial charge in [0.15, 0.2) is 5.65 Å². The Kier molecular flexibility index (Phi) is 4.83. The fourth-order valence-corrected chi connectivity index (χ4v) is 4.27. The third-order valence-electron chi connectivity index (χ3n) is 6.18. The summed E-state index contributed by atoms with van der Waals surface area (Å²) in [5, 5.41) is 5.25. The summed E-state index contributed by atoms with van der Waals surface area (Å²) >= 11 is 0. The van der Waals surface area contributed by atoms with E-state index in [0.29, 0.717) is 43.5 Å². The van der Waals surface area contributed by atoms with E-state index in [4.69, 9.17) is 4.98 Å². The number of carbonyl (C=O) groups is 1. The first-order valence-electron chi connectivity index (χ1n) is 10.6. The topological polar surface area (TPSA) is 67.2 Å². The van der Waals surface area contributed by atoms with Gasteiger partial charge in [-0.1, -0.05) is 0 Å². The lowest BCUT2D eigenvalue weighted by Gasteiger charge is -2.35. The molecule has 5 rings (SSSR count). The molecule has 3 aromatic heterocycles. The van der Waals surface area contributed by atoms with Crippen LogP contribution in [0.15, 0.2) is 24.4 Å². The van der Waals surface area contributed by atoms with Crippen molar-refractivity contribution in [3.05, 3.63) is 46.9 Å². The Balaban J connectivity index is 1.35. The molecule has 10 heteroatoms. The normalized spacial score (nSPS) is 17.3. The average molecular weight is 444 g/mol. The second kappa shape index (κ2) is 7.46. The van der Waals surface area contributed by atoms with Crippen molar-refractivity contribution in [1.82, 2.24) is 24.6 Å². The molecule has 0 radical (unpaired) electrons. The molecule has 0 atom stereocenters. The number of aryl methyl sites for hydroxylation is 2. The maximum atomic E-state index is 13.5. The first kappa shape index (κ1) is 20.7. The Labute approximate surface area is 182 Å². The molecular formula is C22H23F3N6O. The minimum atomic E-state index is -4.41. The maximum Gasteiger partial charge on any atom is 0.417 e. The molecule has 4 heterocycles. The summed E-state index contributed by atoms with van der Waals surface area (Å²) in [5.74, 6) is 0.828. The highest BCUT2D eigenvalue weighted by molar-refractivity contribution is 6.06. The van der Waals surface area contributed by atoms with Gasteiger partial charge >= 0.3 is 6.18 Å². The zero-order chi connectivity index (χ0) is 22.6. The number of amides is 1. The molecule has 1 aliphatic heterocycles. The molecule has 1 saturated carbocycles. The van der Waals surface area contributed by atoms with Gasteiger partial charge in [-0.2, -0.15) is 18.3 Å². The van der Waals surface area contributed by atoms with E-state index < -0.39 is 11.7 Å². The Morgan fingerprint density at radius 2 is 1.84 bits per heavy atom. The first-order chi connectivity index (χ1) is 15.2. The molecular weight excluding hydrogens is 421 g/mol. The molecule has 0 bridgehead atoms. The summed E-state index contributed by atoms with van der Waals surface area (Å²) in [7, 11) is 1.84. The Morgan fingerprint density at radius 3 is 2.44 bits per heavy atom. The largest absolute Gasteiger partial charge is 0.417 e. The van der Waals surface area contributed by atoms with Gasteiger partial charge in [0.05, 0.1) is 22.2 Å². The minimum absolute atomic E-state index is 0.0598. The lowest BCUT2D eigenvalue weighted by molar-refractivity contribution is -0.137. The van der Waals surface area contributed by atoms with Crippen LogP contribution in [-0.2, 0) is 13.2 Å². The van der Waals surface area contributed by atoms with E-state index in [0.717, 1.165) is 47.5 Å². The predicted molar refractivity (Wildman–Crippen MR) is 113 cm³/mol. The number of piperazine rings is 1. The minimum Gasteiger partial charge on any atom is -0.353 e. The smallest absolute Gasteiger partial charge is 0.353 e. The van der Waals surface area contributed by atoms with Crippen molar-refractivity contribution in [2.24, 2.45) is 7.05 Å². The highest BCUT2D eigenvalue weighted by atomic mass is 19.4. The molecule has 1 aliphatic carbocycles. The van der Waals surface area contributed by atoms with E-state index in [1.54, 1.807) is 9.58 Å². The number of halogens is 3. The fraction of sp³-hybridized carbons (Fsp3) is 0.455. The molecule has 32 heavy (non-hydrogen) atoms. The van der Waals surface area contributed by atoms with Gasteiger partial charge in [-0.05, 0) is 38.0 Å². The molecule has 168 valence electrons. The van der Waals surface area contributed by atoms with Gasteiger partial charge in [0.1, 0.15) is 5.82 Å². The summed E-state index contributed by atoms with van der Waals surface area (Å²) in [6.45, 7) is 3.80. The van der Waals surface area contributed by atoms with Crippen LogP contribution in [0.1, 0.15) is 46.1 Å². The van der Waals surface area contributed by atoms with E-state index >= 15 is 0 Å². The first-order valence-corrected chi connectivity index (χ1v) is 10.6. The lowest BCUT2D eigenvalue weighted by Crippen LogP contribution is -2.49. The van der Waals surface area contributed by atoms with E-state index in [-0.39, 0.29) is 5.91 Å². The van der Waals surface area contributed by atoms with Gasteiger partial charge in [-0.25, -0.2) is 9.97 Å². The van der Waals surface area contributed by atoms with Crippen molar-refractivity contribution in [2.75, 3.05) is 31.1 Å². The van der Waals surface area contributed by atoms with Gasteiger partial charge in [-0.3, -0.25) is 9.48 Å². The molecule has 0 aromatic carbocycles. The number of fused-ring (bicyclic) bond motifs is 1. The quantitative estimate of drug-likeness (QED) is 0.618. The highest BCUT2D eigenvalue weighted by Crippen LogP contribution is 2.40. The molecule has 2 aliphatic rings. The summed E-state index contributed by atoms with van der Waals surface area (Å²) in [6, 6.07) is 4.34. The number of carbonyl (C=O) groups excluding carboxylic acids is 1. The van der Waals surface area contributed by atoms with Crippen molar-refractivity contribution in [2.45, 2.75) is 31.9 Å². The van der Waals surface area contributed by atoms with Gasteiger partial charge in [-0.15, -0.1) is 0 Å². The van der Waals surface area contributed by atoms with Crippen molar-refractivity contribution >= 4 is 22.8 Å². The highest BCUT2D eigenvalue weighted by Gasteiger charge is 2.32. The van der Waals surface area contributed by atoms with E-state index in [2.05, 4.69) is 10.1 Å². The van der Waals surface area contributed by atoms with Crippen molar-refractivity contribution in [3.63, 3.8) is 0 Å². The van der Waals surface area contributed by atoms with Gasteiger partial charge in [0.25, 0.3) is 5.91 Å². The number of nitrogens with zero attached hydrogens (tertiary/aromatic N) is 6. The third kappa shape index (κ3) is 3.67. The summed E-state index contributed by atoms with van der Waals surface area (Å²) in [6.07, 6.45) is -1.38. The van der Waals surface area contributed by atoms with Crippen LogP contribution in [0.4, 0.5) is 19.0 Å². The van der Waals surface area contributed by atoms with Crippen molar-refractivity contribution in [1.29, 1.82) is 0 Å². The second-order valence-electron chi connectivity index (χ2n) is 8.46. The number of alkyl halides is 3. The number of rotatable bonds is 3. The van der Waals surface area contributed by atoms with Crippen LogP contribution in [0.2, 0.25) is 0 Å². The van der Waals surface area contributed by atoms with Gasteiger partial charge in [0.2, 0.25) is 0 Å². The standard InChI is InChI=1S/C22H23F3N6O/c1-13-19-16(11-17(14-3-4-14)27-20(19)29(2)28-13)21(32)31-9-7-30(8-10-31)18-6-5-15(12-26-18)22(23,24)25/h5-6,11-12,14H,3-4,7-10H2,1-2H3. The van der Waals surface area contributed by atoms with Crippen molar-refractivity contribution in [3.8, 4) is 0 Å². The zero-order valence-electron chi connectivity index (χ0n) is 17.9. The molecule has 0 unspecified atom stereocenters. The van der Waals surface area contributed by atoms with Crippen LogP contribution in [-0.4, -0.2) is 56.7 Å². The summed E-state index contributed by atoms with van der Waals surface area (Å²) < 4.78 is 40.1. The van der Waals surface area contributed by atoms with Crippen LogP contribution in [0.3, 0.4) is 0 Å². The van der Waals surface area contributed by atoms with E-state index in [1.165, 1.54) is 6.07 Å². The van der Waals surface area contributed by atoms with Crippen LogP contribution in [0.5, 0.6) is 0 Å². The zero-order valence-corrected chi connectivity index (χ0v) is 17.9. The molecule has 7 nitrogen and oxygen atoms in total. The fourth-order valence-electron chi connectivity index (χ4n) is 4.27. The van der Waals surface area contributed by atoms with Crippen LogP contribution in [0.25, 0.3) is 11.0 Å². The number of hydrogen-bond donors (Lipinski definition) is 0. The molecule has 0 N–H and O–H groups in total. The summed E-state index contributed by atoms with van der Waals surface area (Å²) in [4.78, 5) is 25.9. The second-order valence-corrected chi connectivity index (χ2v) is 8.46. The Morgan fingerprint density at radius 1 is 1.12 bits per heavy atom. The average Bonchev–Trinajstić information content (AvgIpc) is 3.58. The number of pyridine rings is 2. The summed E-state index contributed by atoms with van der Waals surface area (Å²) in [5.41, 5.74) is 2.30. The maximum absolute atomic E-state index is 13.5. The molecule has 1 amide bonds. The van der Waals surface area contributed by atoms with Gasteiger partial charge in [0, 0.05) is 51.0 Å². The number of anilines is 1. The Bertz CT molecular complexity index is 1180. The number of hydrogen-bond acceptors (Lipinski definition) is 5. The molecule has 2 fully saturated rings. The SMILES string of the molecule is Cc1nn(C)c2nc(C3CC3)cc(C(=O)N3CCN(c4ccc(C(F)(F)F)cn4)CC3)c12. The van der Waals surface area contributed by atoms with Crippen LogP contribution < -0.4 is 4.90 Å². The van der Waals surface area contributed by atoms with Crippen LogP contribution >= 0.6 is 0 Å². The molecule has 1 saturated heterocycles.